The van der Waals surface area contributed by atoms with E-state index in [2.05, 4.69) is 13.8 Å². The number of carbonyl (C=O) groups excluding carboxylic acids is 1. The SMILES string of the molecule is COc1cc(C)c(CCCC=O)c(C)c1. The third kappa shape index (κ3) is 3.08. The lowest BCUT2D eigenvalue weighted by Gasteiger charge is -2.11. The summed E-state index contributed by atoms with van der Waals surface area (Å²) in [4.78, 5) is 10.2. The minimum Gasteiger partial charge on any atom is -0.497 e. The maximum atomic E-state index is 10.2. The van der Waals surface area contributed by atoms with Crippen LogP contribution in [0, 0.1) is 13.8 Å². The summed E-state index contributed by atoms with van der Waals surface area (Å²) in [6.45, 7) is 4.18. The molecule has 0 aromatic heterocycles. The van der Waals surface area contributed by atoms with Crippen LogP contribution in [0.1, 0.15) is 29.5 Å². The second-order valence-corrected chi connectivity index (χ2v) is 3.80. The van der Waals surface area contributed by atoms with E-state index in [0.29, 0.717) is 6.42 Å². The van der Waals surface area contributed by atoms with E-state index in [-0.39, 0.29) is 0 Å². The van der Waals surface area contributed by atoms with Crippen LogP contribution in [0.4, 0.5) is 0 Å². The van der Waals surface area contributed by atoms with Crippen molar-refractivity contribution in [2.75, 3.05) is 7.11 Å². The van der Waals surface area contributed by atoms with Crippen molar-refractivity contribution in [1.29, 1.82) is 0 Å². The molecule has 1 aromatic carbocycles. The zero-order valence-electron chi connectivity index (χ0n) is 9.67. The number of ether oxygens (including phenoxy) is 1. The van der Waals surface area contributed by atoms with Crippen molar-refractivity contribution in [2.24, 2.45) is 0 Å². The van der Waals surface area contributed by atoms with Crippen LogP contribution in [0.5, 0.6) is 5.75 Å². The van der Waals surface area contributed by atoms with Gasteiger partial charge in [-0.3, -0.25) is 0 Å². The molecule has 0 atom stereocenters. The highest BCUT2D eigenvalue weighted by atomic mass is 16.5. The Morgan fingerprint density at radius 3 is 2.33 bits per heavy atom. The second kappa shape index (κ2) is 5.54. The van der Waals surface area contributed by atoms with Gasteiger partial charge in [0.15, 0.2) is 0 Å². The fourth-order valence-corrected chi connectivity index (χ4v) is 1.83. The van der Waals surface area contributed by atoms with Crippen LogP contribution in [0.25, 0.3) is 0 Å². The van der Waals surface area contributed by atoms with Crippen molar-refractivity contribution in [2.45, 2.75) is 33.1 Å². The molecule has 0 amide bonds. The van der Waals surface area contributed by atoms with Gasteiger partial charge in [0.2, 0.25) is 0 Å². The maximum Gasteiger partial charge on any atom is 0.120 e. The third-order valence-corrected chi connectivity index (χ3v) is 2.65. The molecule has 0 spiro atoms. The van der Waals surface area contributed by atoms with Crippen molar-refractivity contribution in [3.63, 3.8) is 0 Å². The van der Waals surface area contributed by atoms with Gasteiger partial charge in [-0.2, -0.15) is 0 Å². The normalized spacial score (nSPS) is 10.1. The highest BCUT2D eigenvalue weighted by Crippen LogP contribution is 2.22. The monoisotopic (exact) mass is 206 g/mol. The smallest absolute Gasteiger partial charge is 0.120 e. The van der Waals surface area contributed by atoms with E-state index < -0.39 is 0 Å². The average molecular weight is 206 g/mol. The molecular formula is C13H18O2. The van der Waals surface area contributed by atoms with Crippen molar-refractivity contribution < 1.29 is 9.53 Å². The van der Waals surface area contributed by atoms with E-state index in [0.717, 1.165) is 24.9 Å². The Labute approximate surface area is 91.3 Å². The molecule has 0 radical (unpaired) electrons. The van der Waals surface area contributed by atoms with Gasteiger partial charge in [0.1, 0.15) is 12.0 Å². The van der Waals surface area contributed by atoms with Gasteiger partial charge >= 0.3 is 0 Å². The molecular weight excluding hydrogens is 188 g/mol. The number of methoxy groups -OCH3 is 1. The zero-order valence-corrected chi connectivity index (χ0v) is 9.67. The van der Waals surface area contributed by atoms with Crippen molar-refractivity contribution in [3.8, 4) is 5.75 Å². The molecule has 0 fully saturated rings. The summed E-state index contributed by atoms with van der Waals surface area (Å²) in [5, 5.41) is 0. The molecule has 0 N–H and O–H groups in total. The Morgan fingerprint density at radius 2 is 1.87 bits per heavy atom. The molecule has 0 saturated carbocycles. The summed E-state index contributed by atoms with van der Waals surface area (Å²) in [6, 6.07) is 4.09. The summed E-state index contributed by atoms with van der Waals surface area (Å²) in [5.41, 5.74) is 3.84. The molecule has 2 heteroatoms. The number of carbonyl (C=O) groups is 1. The summed E-state index contributed by atoms with van der Waals surface area (Å²) in [5.74, 6) is 0.907. The fraction of sp³-hybridized carbons (Fsp3) is 0.462. The first-order valence-electron chi connectivity index (χ1n) is 5.26. The number of rotatable bonds is 5. The van der Waals surface area contributed by atoms with Gasteiger partial charge in [0.05, 0.1) is 7.11 Å². The lowest BCUT2D eigenvalue weighted by Crippen LogP contribution is -1.96. The molecule has 2 nitrogen and oxygen atoms in total. The fourth-order valence-electron chi connectivity index (χ4n) is 1.83. The van der Waals surface area contributed by atoms with Crippen LogP contribution < -0.4 is 4.74 Å². The predicted octanol–water partition coefficient (Wildman–Crippen LogP) is 2.83. The standard InChI is InChI=1S/C13H18O2/c1-10-8-12(15-3)9-11(2)13(10)6-4-5-7-14/h7-9H,4-6H2,1-3H3. The van der Waals surface area contributed by atoms with Gasteiger partial charge in [0.25, 0.3) is 0 Å². The van der Waals surface area contributed by atoms with Crippen LogP contribution in [0.3, 0.4) is 0 Å². The van der Waals surface area contributed by atoms with Gasteiger partial charge in [-0.05, 0) is 55.5 Å². The molecule has 0 aliphatic rings. The largest absolute Gasteiger partial charge is 0.497 e. The van der Waals surface area contributed by atoms with E-state index in [1.807, 2.05) is 12.1 Å². The Balaban J connectivity index is 2.83. The lowest BCUT2D eigenvalue weighted by atomic mass is 9.97. The number of hydrogen-bond acceptors (Lipinski definition) is 2. The Morgan fingerprint density at radius 1 is 1.27 bits per heavy atom. The van der Waals surface area contributed by atoms with Crippen LogP contribution in [-0.2, 0) is 11.2 Å². The number of unbranched alkanes of at least 4 members (excludes halogenated alkanes) is 1. The number of benzene rings is 1. The predicted molar refractivity (Wildman–Crippen MR) is 61.5 cm³/mol. The van der Waals surface area contributed by atoms with Gasteiger partial charge in [-0.15, -0.1) is 0 Å². The van der Waals surface area contributed by atoms with Crippen LogP contribution >= 0.6 is 0 Å². The van der Waals surface area contributed by atoms with Crippen LogP contribution in [0.15, 0.2) is 12.1 Å². The number of aryl methyl sites for hydroxylation is 2. The topological polar surface area (TPSA) is 26.3 Å². The highest BCUT2D eigenvalue weighted by molar-refractivity contribution is 5.49. The quantitative estimate of drug-likeness (QED) is 0.547. The minimum absolute atomic E-state index is 0.644. The molecule has 0 aliphatic heterocycles. The summed E-state index contributed by atoms with van der Waals surface area (Å²) < 4.78 is 5.20. The van der Waals surface area contributed by atoms with Crippen molar-refractivity contribution >= 4 is 6.29 Å². The highest BCUT2D eigenvalue weighted by Gasteiger charge is 2.04. The first kappa shape index (κ1) is 11.8. The Hall–Kier alpha value is -1.31. The maximum absolute atomic E-state index is 10.2. The van der Waals surface area contributed by atoms with E-state index in [4.69, 9.17) is 4.74 Å². The van der Waals surface area contributed by atoms with E-state index in [9.17, 15) is 4.79 Å². The zero-order chi connectivity index (χ0) is 11.3. The van der Waals surface area contributed by atoms with Gasteiger partial charge < -0.3 is 9.53 Å². The van der Waals surface area contributed by atoms with Gasteiger partial charge in [-0.25, -0.2) is 0 Å². The number of hydrogen-bond donors (Lipinski definition) is 0. The molecule has 0 saturated heterocycles. The van der Waals surface area contributed by atoms with Crippen LogP contribution in [-0.4, -0.2) is 13.4 Å². The van der Waals surface area contributed by atoms with Crippen molar-refractivity contribution in [1.82, 2.24) is 0 Å². The molecule has 1 rings (SSSR count). The van der Waals surface area contributed by atoms with E-state index >= 15 is 0 Å². The molecule has 0 unspecified atom stereocenters. The Bertz CT molecular complexity index is 319. The first-order chi connectivity index (χ1) is 7.19. The molecule has 0 bridgehead atoms. The summed E-state index contributed by atoms with van der Waals surface area (Å²) in [6.07, 6.45) is 3.52. The third-order valence-electron chi connectivity index (χ3n) is 2.65. The molecule has 0 aliphatic carbocycles. The second-order valence-electron chi connectivity index (χ2n) is 3.80. The van der Waals surface area contributed by atoms with Gasteiger partial charge in [-0.1, -0.05) is 0 Å². The van der Waals surface area contributed by atoms with Crippen LogP contribution in [0.2, 0.25) is 0 Å². The van der Waals surface area contributed by atoms with Gasteiger partial charge in [0, 0.05) is 6.42 Å². The molecule has 1 aromatic rings. The average Bonchev–Trinajstić information content (AvgIpc) is 2.22. The van der Waals surface area contributed by atoms with Crippen molar-refractivity contribution in [3.05, 3.63) is 28.8 Å². The van der Waals surface area contributed by atoms with E-state index in [1.165, 1.54) is 16.7 Å². The summed E-state index contributed by atoms with van der Waals surface area (Å²) in [7, 11) is 1.68. The molecule has 0 heterocycles. The number of aldehydes is 1. The van der Waals surface area contributed by atoms with E-state index in [1.54, 1.807) is 7.11 Å². The summed E-state index contributed by atoms with van der Waals surface area (Å²) >= 11 is 0. The first-order valence-corrected chi connectivity index (χ1v) is 5.26. The Kier molecular flexibility index (Phi) is 4.35. The molecule has 15 heavy (non-hydrogen) atoms. The minimum atomic E-state index is 0.644. The molecule has 82 valence electrons. The lowest BCUT2D eigenvalue weighted by molar-refractivity contribution is -0.107.